The van der Waals surface area contributed by atoms with Crippen LogP contribution in [0.2, 0.25) is 0 Å². The van der Waals surface area contributed by atoms with Crippen LogP contribution in [0.1, 0.15) is 16.7 Å². The molecule has 28 heavy (non-hydrogen) atoms. The number of benzene rings is 2. The fourth-order valence-electron chi connectivity index (χ4n) is 3.04. The van der Waals surface area contributed by atoms with Gasteiger partial charge in [0.1, 0.15) is 36.0 Å². The summed E-state index contributed by atoms with van der Waals surface area (Å²) in [5.41, 5.74) is 1.46. The van der Waals surface area contributed by atoms with E-state index in [-0.39, 0.29) is 6.42 Å². The second-order valence-corrected chi connectivity index (χ2v) is 6.55. The molecule has 0 spiro atoms. The SMILES string of the molecule is C#Cc1ccc(Cc2ccccc2O[C@@H]2O[C@H](CO)[C@@H](O)[C@H](O)[C@H]2O)c(F)c1. The first-order valence-electron chi connectivity index (χ1n) is 8.74. The third-order valence-electron chi connectivity index (χ3n) is 4.66. The number of aliphatic hydroxyl groups excluding tert-OH is 4. The fourth-order valence-corrected chi connectivity index (χ4v) is 3.04. The van der Waals surface area contributed by atoms with E-state index in [9.17, 15) is 24.8 Å². The molecule has 1 aliphatic rings. The minimum absolute atomic E-state index is 0.199. The summed E-state index contributed by atoms with van der Waals surface area (Å²) in [6.45, 7) is -0.556. The zero-order valence-corrected chi connectivity index (χ0v) is 14.9. The van der Waals surface area contributed by atoms with Gasteiger partial charge in [-0.3, -0.25) is 0 Å². The highest BCUT2D eigenvalue weighted by molar-refractivity contribution is 5.41. The fraction of sp³-hybridized carbons (Fsp3) is 0.333. The Labute approximate surface area is 161 Å². The lowest BCUT2D eigenvalue weighted by Gasteiger charge is -2.39. The van der Waals surface area contributed by atoms with Gasteiger partial charge in [-0.25, -0.2) is 4.39 Å². The molecule has 1 aliphatic heterocycles. The predicted molar refractivity (Wildman–Crippen MR) is 98.0 cm³/mol. The lowest BCUT2D eigenvalue weighted by molar-refractivity contribution is -0.277. The third-order valence-corrected chi connectivity index (χ3v) is 4.66. The smallest absolute Gasteiger partial charge is 0.229 e. The van der Waals surface area contributed by atoms with Crippen LogP contribution in [0.5, 0.6) is 5.75 Å². The van der Waals surface area contributed by atoms with Crippen LogP contribution in [-0.4, -0.2) is 57.7 Å². The minimum atomic E-state index is -1.54. The van der Waals surface area contributed by atoms with E-state index >= 15 is 0 Å². The van der Waals surface area contributed by atoms with Crippen LogP contribution >= 0.6 is 0 Å². The van der Waals surface area contributed by atoms with E-state index in [4.69, 9.17) is 15.9 Å². The summed E-state index contributed by atoms with van der Waals surface area (Å²) in [4.78, 5) is 0. The van der Waals surface area contributed by atoms with Gasteiger partial charge >= 0.3 is 0 Å². The molecule has 0 radical (unpaired) electrons. The van der Waals surface area contributed by atoms with Gasteiger partial charge in [0.15, 0.2) is 0 Å². The molecule has 6 nitrogen and oxygen atoms in total. The summed E-state index contributed by atoms with van der Waals surface area (Å²) in [6.07, 6.45) is -1.47. The van der Waals surface area contributed by atoms with E-state index in [2.05, 4.69) is 5.92 Å². The quantitative estimate of drug-likeness (QED) is 0.559. The Hall–Kier alpha value is -2.47. The molecule has 1 saturated heterocycles. The Balaban J connectivity index is 1.82. The van der Waals surface area contributed by atoms with E-state index in [1.807, 2.05) is 0 Å². The van der Waals surface area contributed by atoms with Crippen molar-refractivity contribution in [3.05, 3.63) is 65.0 Å². The first-order valence-corrected chi connectivity index (χ1v) is 8.74. The normalized spacial score (nSPS) is 27.2. The van der Waals surface area contributed by atoms with Crippen LogP contribution in [0.15, 0.2) is 42.5 Å². The third kappa shape index (κ3) is 4.17. The molecule has 0 aliphatic carbocycles. The van der Waals surface area contributed by atoms with Crippen LogP contribution in [-0.2, 0) is 11.2 Å². The number of hydrogen-bond acceptors (Lipinski definition) is 6. The zero-order chi connectivity index (χ0) is 20.3. The van der Waals surface area contributed by atoms with E-state index < -0.39 is 43.1 Å². The van der Waals surface area contributed by atoms with E-state index in [1.165, 1.54) is 6.07 Å². The number of terminal acetylenes is 1. The van der Waals surface area contributed by atoms with Gasteiger partial charge in [0.2, 0.25) is 6.29 Å². The van der Waals surface area contributed by atoms with Gasteiger partial charge in [-0.15, -0.1) is 6.42 Å². The molecule has 0 amide bonds. The van der Waals surface area contributed by atoms with Gasteiger partial charge in [-0.2, -0.15) is 0 Å². The first-order chi connectivity index (χ1) is 13.4. The minimum Gasteiger partial charge on any atom is -0.462 e. The maximum absolute atomic E-state index is 14.3. The average molecular weight is 388 g/mol. The Morgan fingerprint density at radius 2 is 1.79 bits per heavy atom. The van der Waals surface area contributed by atoms with Gasteiger partial charge in [-0.1, -0.05) is 30.2 Å². The Bertz CT molecular complexity index is 862. The van der Waals surface area contributed by atoms with Gasteiger partial charge in [0.05, 0.1) is 6.61 Å². The number of halogens is 1. The van der Waals surface area contributed by atoms with Crippen molar-refractivity contribution in [3.63, 3.8) is 0 Å². The maximum Gasteiger partial charge on any atom is 0.229 e. The lowest BCUT2D eigenvalue weighted by Crippen LogP contribution is -2.60. The van der Waals surface area contributed by atoms with Crippen molar-refractivity contribution in [2.75, 3.05) is 6.61 Å². The van der Waals surface area contributed by atoms with E-state index in [1.54, 1.807) is 36.4 Å². The van der Waals surface area contributed by atoms with Gasteiger partial charge in [0.25, 0.3) is 0 Å². The Morgan fingerprint density at radius 3 is 2.46 bits per heavy atom. The molecule has 148 valence electrons. The lowest BCUT2D eigenvalue weighted by atomic mass is 9.99. The highest BCUT2D eigenvalue weighted by Gasteiger charge is 2.44. The summed E-state index contributed by atoms with van der Waals surface area (Å²) >= 11 is 0. The molecule has 1 fully saturated rings. The number of para-hydroxylation sites is 1. The molecule has 1 heterocycles. The summed E-state index contributed by atoms with van der Waals surface area (Å²) in [7, 11) is 0. The van der Waals surface area contributed by atoms with Crippen molar-refractivity contribution in [1.82, 2.24) is 0 Å². The molecule has 0 aromatic heterocycles. The molecule has 5 atom stereocenters. The average Bonchev–Trinajstić information content (AvgIpc) is 2.71. The number of hydrogen-bond donors (Lipinski definition) is 4. The highest BCUT2D eigenvalue weighted by atomic mass is 19.1. The topological polar surface area (TPSA) is 99.4 Å². The zero-order valence-electron chi connectivity index (χ0n) is 14.9. The van der Waals surface area contributed by atoms with Crippen molar-refractivity contribution in [2.45, 2.75) is 37.1 Å². The molecule has 7 heteroatoms. The van der Waals surface area contributed by atoms with Crippen molar-refractivity contribution in [1.29, 1.82) is 0 Å². The molecular weight excluding hydrogens is 367 g/mol. The molecule has 2 aromatic carbocycles. The number of aliphatic hydroxyl groups is 4. The Morgan fingerprint density at radius 1 is 1.04 bits per heavy atom. The monoisotopic (exact) mass is 388 g/mol. The maximum atomic E-state index is 14.3. The number of ether oxygens (including phenoxy) is 2. The van der Waals surface area contributed by atoms with E-state index in [0.29, 0.717) is 22.4 Å². The van der Waals surface area contributed by atoms with Crippen LogP contribution < -0.4 is 4.74 Å². The van der Waals surface area contributed by atoms with Crippen LogP contribution in [0.25, 0.3) is 0 Å². The molecule has 4 N–H and O–H groups in total. The van der Waals surface area contributed by atoms with Crippen molar-refractivity contribution >= 4 is 0 Å². The second kappa shape index (κ2) is 8.69. The molecule has 2 aromatic rings. The van der Waals surface area contributed by atoms with Gasteiger partial charge < -0.3 is 29.9 Å². The molecule has 0 unspecified atom stereocenters. The van der Waals surface area contributed by atoms with Crippen LogP contribution in [0.3, 0.4) is 0 Å². The van der Waals surface area contributed by atoms with Crippen molar-refractivity contribution < 1.29 is 34.3 Å². The Kier molecular flexibility index (Phi) is 6.29. The van der Waals surface area contributed by atoms with Gasteiger partial charge in [0, 0.05) is 12.0 Å². The van der Waals surface area contributed by atoms with Crippen molar-refractivity contribution in [2.24, 2.45) is 0 Å². The number of rotatable bonds is 5. The summed E-state index contributed by atoms with van der Waals surface area (Å²) in [6, 6.07) is 11.3. The van der Waals surface area contributed by atoms with Crippen molar-refractivity contribution in [3.8, 4) is 18.1 Å². The first kappa shape index (κ1) is 20.3. The highest BCUT2D eigenvalue weighted by Crippen LogP contribution is 2.28. The molecule has 0 bridgehead atoms. The summed E-state index contributed by atoms with van der Waals surface area (Å²) < 4.78 is 25.3. The largest absolute Gasteiger partial charge is 0.462 e. The second-order valence-electron chi connectivity index (χ2n) is 6.55. The molecular formula is C21H21FO6. The van der Waals surface area contributed by atoms with Gasteiger partial charge in [-0.05, 0) is 29.3 Å². The molecule has 3 rings (SSSR count). The predicted octanol–water partition coefficient (Wildman–Crippen LogP) is 0.576. The summed E-state index contributed by atoms with van der Waals surface area (Å²) in [5, 5.41) is 39.2. The van der Waals surface area contributed by atoms with Crippen LogP contribution in [0.4, 0.5) is 4.39 Å². The molecule has 0 saturated carbocycles. The summed E-state index contributed by atoms with van der Waals surface area (Å²) in [5.74, 6) is 2.24. The standard InChI is InChI=1S/C21H21FO6/c1-2-12-7-8-13(15(22)9-12)10-14-5-3-4-6-16(14)27-21-20(26)19(25)18(24)17(11-23)28-21/h1,3-9,17-21,23-26H,10-11H2/t17-,18-,19+,20-,21-/m1/s1. The van der Waals surface area contributed by atoms with E-state index in [0.717, 1.165) is 0 Å². The van der Waals surface area contributed by atoms with Crippen LogP contribution in [0, 0.1) is 18.2 Å².